The van der Waals surface area contributed by atoms with Crippen LogP contribution in [0.1, 0.15) is 47.7 Å². The number of rotatable bonds is 4. The zero-order valence-electron chi connectivity index (χ0n) is 14.2. The van der Waals surface area contributed by atoms with Crippen molar-refractivity contribution in [1.82, 2.24) is 19.8 Å². The number of aromatic amines is 2. The van der Waals surface area contributed by atoms with E-state index in [-0.39, 0.29) is 23.9 Å². The molecule has 128 valence electrons. The van der Waals surface area contributed by atoms with E-state index in [1.165, 1.54) is 0 Å². The summed E-state index contributed by atoms with van der Waals surface area (Å²) < 4.78 is 0. The zero-order chi connectivity index (χ0) is 17.1. The van der Waals surface area contributed by atoms with Gasteiger partial charge in [-0.15, -0.1) is 0 Å². The van der Waals surface area contributed by atoms with E-state index in [0.717, 1.165) is 12.8 Å². The number of H-pyrrole nitrogens is 2. The topological polar surface area (TPSA) is 72.2 Å². The number of hydrogen-bond acceptors (Lipinski definition) is 2. The Kier molecular flexibility index (Phi) is 4.74. The maximum atomic E-state index is 12.8. The van der Waals surface area contributed by atoms with Crippen LogP contribution in [0.4, 0.5) is 0 Å². The molecule has 2 amide bonds. The van der Waals surface area contributed by atoms with Crippen molar-refractivity contribution < 1.29 is 9.59 Å². The van der Waals surface area contributed by atoms with Crippen molar-refractivity contribution in [3.05, 3.63) is 48.0 Å². The van der Waals surface area contributed by atoms with E-state index in [9.17, 15) is 9.59 Å². The van der Waals surface area contributed by atoms with Gasteiger partial charge in [-0.1, -0.05) is 13.8 Å². The lowest BCUT2D eigenvalue weighted by Crippen LogP contribution is -2.61. The van der Waals surface area contributed by atoms with Gasteiger partial charge in [0.25, 0.3) is 11.8 Å². The van der Waals surface area contributed by atoms with Crippen molar-refractivity contribution in [3.8, 4) is 0 Å². The summed E-state index contributed by atoms with van der Waals surface area (Å²) in [5.41, 5.74) is 1.21. The van der Waals surface area contributed by atoms with Gasteiger partial charge >= 0.3 is 0 Å². The summed E-state index contributed by atoms with van der Waals surface area (Å²) in [6.07, 6.45) is 5.15. The average Bonchev–Trinajstić information content (AvgIpc) is 3.32. The van der Waals surface area contributed by atoms with Gasteiger partial charge in [-0.3, -0.25) is 9.59 Å². The van der Waals surface area contributed by atoms with E-state index in [1.54, 1.807) is 24.5 Å². The lowest BCUT2D eigenvalue weighted by molar-refractivity contribution is 0.0185. The van der Waals surface area contributed by atoms with Crippen LogP contribution in [0.25, 0.3) is 0 Å². The second kappa shape index (κ2) is 6.95. The van der Waals surface area contributed by atoms with Crippen LogP contribution in [0.3, 0.4) is 0 Å². The third kappa shape index (κ3) is 2.96. The lowest BCUT2D eigenvalue weighted by Gasteiger charge is -2.46. The van der Waals surface area contributed by atoms with Crippen LogP contribution in [-0.4, -0.2) is 56.8 Å². The van der Waals surface area contributed by atoms with Crippen LogP contribution < -0.4 is 0 Å². The van der Waals surface area contributed by atoms with Crippen molar-refractivity contribution in [2.45, 2.75) is 38.8 Å². The van der Waals surface area contributed by atoms with Gasteiger partial charge in [-0.2, -0.15) is 0 Å². The molecule has 1 aliphatic heterocycles. The summed E-state index contributed by atoms with van der Waals surface area (Å²) in [6.45, 7) is 5.26. The van der Waals surface area contributed by atoms with Crippen LogP contribution in [0, 0.1) is 0 Å². The molecule has 1 fully saturated rings. The fraction of sp³-hybridized carbons (Fsp3) is 0.444. The number of carbonyl (C=O) groups excluding carboxylic acids is 2. The van der Waals surface area contributed by atoms with Crippen molar-refractivity contribution in [1.29, 1.82) is 0 Å². The van der Waals surface area contributed by atoms with E-state index >= 15 is 0 Å². The van der Waals surface area contributed by atoms with Crippen molar-refractivity contribution in [3.63, 3.8) is 0 Å². The molecule has 0 bridgehead atoms. The third-order valence-electron chi connectivity index (χ3n) is 4.82. The molecule has 1 saturated heterocycles. The fourth-order valence-corrected chi connectivity index (χ4v) is 3.38. The smallest absolute Gasteiger partial charge is 0.270 e. The molecular formula is C18H24N4O2. The first-order valence-electron chi connectivity index (χ1n) is 8.54. The zero-order valence-corrected chi connectivity index (χ0v) is 14.2. The number of hydrogen-bond donors (Lipinski definition) is 2. The Morgan fingerprint density at radius 2 is 1.33 bits per heavy atom. The van der Waals surface area contributed by atoms with Gasteiger partial charge in [-0.25, -0.2) is 0 Å². The van der Waals surface area contributed by atoms with Gasteiger partial charge in [0.05, 0.1) is 0 Å². The quantitative estimate of drug-likeness (QED) is 0.905. The third-order valence-corrected chi connectivity index (χ3v) is 4.82. The second-order valence-corrected chi connectivity index (χ2v) is 6.21. The number of aromatic nitrogens is 2. The number of carbonyl (C=O) groups is 2. The molecule has 2 aromatic heterocycles. The highest BCUT2D eigenvalue weighted by Crippen LogP contribution is 2.23. The van der Waals surface area contributed by atoms with E-state index in [1.807, 2.05) is 21.9 Å². The van der Waals surface area contributed by atoms with Crippen LogP contribution in [0.5, 0.6) is 0 Å². The number of nitrogens with one attached hydrogen (secondary N) is 2. The van der Waals surface area contributed by atoms with E-state index in [4.69, 9.17) is 0 Å². The Morgan fingerprint density at radius 1 is 0.917 bits per heavy atom. The van der Waals surface area contributed by atoms with Gasteiger partial charge in [0.1, 0.15) is 11.4 Å². The molecule has 2 aromatic rings. The highest BCUT2D eigenvalue weighted by Gasteiger charge is 2.37. The predicted octanol–water partition coefficient (Wildman–Crippen LogP) is 2.50. The second-order valence-electron chi connectivity index (χ2n) is 6.21. The molecule has 0 radical (unpaired) electrons. The Labute approximate surface area is 141 Å². The molecule has 24 heavy (non-hydrogen) atoms. The minimum absolute atomic E-state index is 0.0114. The lowest BCUT2D eigenvalue weighted by atomic mass is 10.0. The van der Waals surface area contributed by atoms with Crippen LogP contribution in [-0.2, 0) is 0 Å². The van der Waals surface area contributed by atoms with Crippen molar-refractivity contribution >= 4 is 11.8 Å². The maximum absolute atomic E-state index is 12.8. The van der Waals surface area contributed by atoms with E-state index < -0.39 is 0 Å². The Hall–Kier alpha value is -2.50. The Bertz CT molecular complexity index is 618. The summed E-state index contributed by atoms with van der Waals surface area (Å²) in [7, 11) is 0. The molecule has 3 rings (SSSR count). The first-order valence-corrected chi connectivity index (χ1v) is 8.54. The molecule has 0 spiro atoms. The average molecular weight is 328 g/mol. The van der Waals surface area contributed by atoms with Gasteiger partial charge in [-0.05, 0) is 37.1 Å². The molecule has 0 aromatic carbocycles. The standard InChI is InChI=1S/C18H24N4O2/c1-3-13-11-22(18(24)16-8-6-10-20-16)14(4-2)12-21(13)17(23)15-7-5-9-19-15/h5-10,13-14,19-20H,3-4,11-12H2,1-2H3. The summed E-state index contributed by atoms with van der Waals surface area (Å²) in [6, 6.07) is 7.32. The molecule has 2 unspecified atom stereocenters. The summed E-state index contributed by atoms with van der Waals surface area (Å²) in [5.74, 6) is 0.0227. The molecule has 2 N–H and O–H groups in total. The normalized spacial score (nSPS) is 21.1. The molecular weight excluding hydrogens is 304 g/mol. The van der Waals surface area contributed by atoms with Crippen molar-refractivity contribution in [2.24, 2.45) is 0 Å². The van der Waals surface area contributed by atoms with E-state index in [0.29, 0.717) is 24.5 Å². The summed E-state index contributed by atoms with van der Waals surface area (Å²) >= 11 is 0. The first kappa shape index (κ1) is 16.4. The largest absolute Gasteiger partial charge is 0.357 e. The monoisotopic (exact) mass is 328 g/mol. The summed E-state index contributed by atoms with van der Waals surface area (Å²) in [4.78, 5) is 35.4. The predicted molar refractivity (Wildman–Crippen MR) is 91.8 cm³/mol. The molecule has 6 nitrogen and oxygen atoms in total. The van der Waals surface area contributed by atoms with Gasteiger partial charge < -0.3 is 19.8 Å². The number of nitrogens with zero attached hydrogens (tertiary/aromatic N) is 2. The Balaban J connectivity index is 1.82. The fourth-order valence-electron chi connectivity index (χ4n) is 3.38. The minimum Gasteiger partial charge on any atom is -0.357 e. The molecule has 1 aliphatic rings. The van der Waals surface area contributed by atoms with Gasteiger partial charge in [0.2, 0.25) is 0 Å². The minimum atomic E-state index is 0.0114. The van der Waals surface area contributed by atoms with Crippen LogP contribution >= 0.6 is 0 Å². The highest BCUT2D eigenvalue weighted by molar-refractivity contribution is 5.94. The summed E-state index contributed by atoms with van der Waals surface area (Å²) in [5, 5.41) is 0. The number of amides is 2. The van der Waals surface area contributed by atoms with Crippen LogP contribution in [0.15, 0.2) is 36.7 Å². The highest BCUT2D eigenvalue weighted by atomic mass is 16.2. The molecule has 6 heteroatoms. The molecule has 0 saturated carbocycles. The maximum Gasteiger partial charge on any atom is 0.270 e. The molecule has 3 heterocycles. The molecule has 0 aliphatic carbocycles. The SMILES string of the molecule is CCC1CN(C(=O)c2ccc[nH]2)C(CC)CN1C(=O)c1ccc[nH]1. The van der Waals surface area contributed by atoms with Gasteiger partial charge in [0, 0.05) is 37.6 Å². The van der Waals surface area contributed by atoms with Crippen molar-refractivity contribution in [2.75, 3.05) is 13.1 Å². The van der Waals surface area contributed by atoms with Gasteiger partial charge in [0.15, 0.2) is 0 Å². The van der Waals surface area contributed by atoms with E-state index in [2.05, 4.69) is 23.8 Å². The van der Waals surface area contributed by atoms with Crippen LogP contribution in [0.2, 0.25) is 0 Å². The first-order chi connectivity index (χ1) is 11.7. The molecule has 2 atom stereocenters. The number of piperazine rings is 1. The Morgan fingerprint density at radius 3 is 1.62 bits per heavy atom.